The maximum atomic E-state index is 6.23. The van der Waals surface area contributed by atoms with Crippen molar-refractivity contribution >= 4 is 50.4 Å². The van der Waals surface area contributed by atoms with Gasteiger partial charge in [-0.15, -0.1) is 0 Å². The zero-order valence-corrected chi connectivity index (χ0v) is 18.5. The Kier molecular flexibility index (Phi) is 4.22. The van der Waals surface area contributed by atoms with E-state index in [-0.39, 0.29) is 18.3 Å². The monoisotopic (exact) mass is 448 g/mol. The summed E-state index contributed by atoms with van der Waals surface area (Å²) in [6.45, 7) is 8.29. The van der Waals surface area contributed by atoms with Crippen molar-refractivity contribution in [3.8, 4) is 11.1 Å². The van der Waals surface area contributed by atoms with Crippen LogP contribution in [0, 0.1) is 0 Å². The maximum absolute atomic E-state index is 6.23. The number of benzene rings is 3. The Morgan fingerprint density at radius 2 is 1.24 bits per heavy atom. The number of furan rings is 1. The van der Waals surface area contributed by atoms with Crippen LogP contribution < -0.4 is 5.46 Å². The maximum Gasteiger partial charge on any atom is 0.494 e. The van der Waals surface area contributed by atoms with Crippen molar-refractivity contribution in [3.05, 3.63) is 65.1 Å². The Labute approximate surface area is 179 Å². The van der Waals surface area contributed by atoms with Crippen molar-refractivity contribution < 1.29 is 13.7 Å². The molecule has 0 amide bonds. The van der Waals surface area contributed by atoms with Crippen molar-refractivity contribution in [2.24, 2.45) is 0 Å². The SMILES string of the molecule is CC1(C)OB(c2ccc3oc4ccc(-c5ccc(Br)cc5)cc4c3c2)OC1(C)C. The average molecular weight is 449 g/mol. The average Bonchev–Trinajstić information content (AvgIpc) is 3.14. The Balaban J connectivity index is 1.60. The molecule has 0 N–H and O–H groups in total. The molecule has 1 saturated heterocycles. The lowest BCUT2D eigenvalue weighted by Crippen LogP contribution is -2.41. The van der Waals surface area contributed by atoms with E-state index in [1.54, 1.807) is 0 Å². The van der Waals surface area contributed by atoms with Gasteiger partial charge in [0.1, 0.15) is 11.2 Å². The number of rotatable bonds is 2. The van der Waals surface area contributed by atoms with Crippen LogP contribution in [0.3, 0.4) is 0 Å². The van der Waals surface area contributed by atoms with E-state index in [1.165, 1.54) is 5.56 Å². The molecule has 0 radical (unpaired) electrons. The molecule has 1 aromatic heterocycles. The van der Waals surface area contributed by atoms with Crippen molar-refractivity contribution in [3.63, 3.8) is 0 Å². The molecule has 3 aromatic carbocycles. The largest absolute Gasteiger partial charge is 0.494 e. The summed E-state index contributed by atoms with van der Waals surface area (Å²) in [7, 11) is -0.385. The second kappa shape index (κ2) is 6.46. The van der Waals surface area contributed by atoms with Crippen LogP contribution in [0.15, 0.2) is 69.6 Å². The van der Waals surface area contributed by atoms with E-state index in [2.05, 4.69) is 86.1 Å². The van der Waals surface area contributed by atoms with Gasteiger partial charge in [-0.2, -0.15) is 0 Å². The van der Waals surface area contributed by atoms with Gasteiger partial charge in [0.25, 0.3) is 0 Å². The molecule has 0 bridgehead atoms. The zero-order chi connectivity index (χ0) is 20.4. The molecule has 5 heteroatoms. The highest BCUT2D eigenvalue weighted by Crippen LogP contribution is 2.37. The molecule has 4 aromatic rings. The Morgan fingerprint density at radius 1 is 0.690 bits per heavy atom. The summed E-state index contributed by atoms with van der Waals surface area (Å²) in [6, 6.07) is 20.9. The van der Waals surface area contributed by atoms with E-state index < -0.39 is 0 Å². The first-order valence-corrected chi connectivity index (χ1v) is 10.6. The van der Waals surface area contributed by atoms with Crippen LogP contribution in [0.5, 0.6) is 0 Å². The molecule has 0 unspecified atom stereocenters. The normalized spacial score (nSPS) is 18.0. The van der Waals surface area contributed by atoms with Crippen LogP contribution in [0.1, 0.15) is 27.7 Å². The molecule has 3 nitrogen and oxygen atoms in total. The van der Waals surface area contributed by atoms with Crippen LogP contribution in [-0.2, 0) is 9.31 Å². The van der Waals surface area contributed by atoms with E-state index >= 15 is 0 Å². The van der Waals surface area contributed by atoms with E-state index in [4.69, 9.17) is 13.7 Å². The molecule has 1 aliphatic rings. The molecule has 0 aliphatic carbocycles. The molecule has 0 atom stereocenters. The van der Waals surface area contributed by atoms with Gasteiger partial charge in [-0.1, -0.05) is 46.3 Å². The van der Waals surface area contributed by atoms with Gasteiger partial charge in [0.2, 0.25) is 0 Å². The van der Waals surface area contributed by atoms with Crippen molar-refractivity contribution in [1.82, 2.24) is 0 Å². The summed E-state index contributed by atoms with van der Waals surface area (Å²) >= 11 is 3.50. The third-order valence-electron chi connectivity index (χ3n) is 6.20. The number of hydrogen-bond donors (Lipinski definition) is 0. The van der Waals surface area contributed by atoms with Crippen molar-refractivity contribution in [1.29, 1.82) is 0 Å². The quantitative estimate of drug-likeness (QED) is 0.336. The summed E-state index contributed by atoms with van der Waals surface area (Å²) < 4.78 is 19.6. The van der Waals surface area contributed by atoms with Crippen LogP contribution in [0.4, 0.5) is 0 Å². The molecular weight excluding hydrogens is 427 g/mol. The molecule has 0 spiro atoms. The fraction of sp³-hybridized carbons (Fsp3) is 0.250. The van der Waals surface area contributed by atoms with Gasteiger partial charge in [0.05, 0.1) is 11.2 Å². The molecule has 1 aliphatic heterocycles. The number of halogens is 1. The van der Waals surface area contributed by atoms with E-state index in [0.717, 1.165) is 37.4 Å². The highest BCUT2D eigenvalue weighted by atomic mass is 79.9. The fourth-order valence-corrected chi connectivity index (χ4v) is 4.01. The lowest BCUT2D eigenvalue weighted by Gasteiger charge is -2.32. The first-order chi connectivity index (χ1) is 13.7. The second-order valence-corrected chi connectivity index (χ2v) is 9.58. The summed E-state index contributed by atoms with van der Waals surface area (Å²) in [6.07, 6.45) is 0. The highest BCUT2D eigenvalue weighted by molar-refractivity contribution is 9.10. The smallest absolute Gasteiger partial charge is 0.456 e. The summed E-state index contributed by atoms with van der Waals surface area (Å²) in [5.41, 5.74) is 4.37. The summed E-state index contributed by atoms with van der Waals surface area (Å²) in [4.78, 5) is 0. The minimum Gasteiger partial charge on any atom is -0.456 e. The minimum absolute atomic E-state index is 0.361. The van der Waals surface area contributed by atoms with Crippen molar-refractivity contribution in [2.75, 3.05) is 0 Å². The third-order valence-corrected chi connectivity index (χ3v) is 6.72. The first-order valence-electron chi connectivity index (χ1n) is 9.81. The van der Waals surface area contributed by atoms with Gasteiger partial charge in [-0.05, 0) is 74.6 Å². The summed E-state index contributed by atoms with van der Waals surface area (Å²) in [5, 5.41) is 2.17. The van der Waals surface area contributed by atoms with Gasteiger partial charge in [0.15, 0.2) is 0 Å². The van der Waals surface area contributed by atoms with E-state index in [1.807, 2.05) is 18.2 Å². The van der Waals surface area contributed by atoms with Gasteiger partial charge >= 0.3 is 7.12 Å². The number of hydrogen-bond acceptors (Lipinski definition) is 3. The summed E-state index contributed by atoms with van der Waals surface area (Å²) in [5.74, 6) is 0. The van der Waals surface area contributed by atoms with Crippen LogP contribution >= 0.6 is 15.9 Å². The van der Waals surface area contributed by atoms with Crippen molar-refractivity contribution in [2.45, 2.75) is 38.9 Å². The van der Waals surface area contributed by atoms with Gasteiger partial charge in [-0.25, -0.2) is 0 Å². The zero-order valence-electron chi connectivity index (χ0n) is 17.0. The molecule has 1 fully saturated rings. The topological polar surface area (TPSA) is 31.6 Å². The lowest BCUT2D eigenvalue weighted by atomic mass is 9.78. The molecule has 0 saturated carbocycles. The molecule has 2 heterocycles. The standard InChI is InChI=1S/C24H22BBrO3/c1-23(2)24(3,4)29-25(28-23)17-8-12-22-20(14-17)19-13-16(7-11-21(19)27-22)15-5-9-18(26)10-6-15/h5-14H,1-4H3. The van der Waals surface area contributed by atoms with E-state index in [9.17, 15) is 0 Å². The molecule has 29 heavy (non-hydrogen) atoms. The van der Waals surface area contributed by atoms with Gasteiger partial charge in [0, 0.05) is 15.2 Å². The Morgan fingerprint density at radius 3 is 1.90 bits per heavy atom. The van der Waals surface area contributed by atoms with Crippen LogP contribution in [-0.4, -0.2) is 18.3 Å². The first kappa shape index (κ1) is 18.9. The number of fused-ring (bicyclic) bond motifs is 3. The van der Waals surface area contributed by atoms with Crippen LogP contribution in [0.25, 0.3) is 33.1 Å². The minimum atomic E-state index is -0.385. The third kappa shape index (κ3) is 3.12. The second-order valence-electron chi connectivity index (χ2n) is 8.66. The highest BCUT2D eigenvalue weighted by Gasteiger charge is 2.51. The lowest BCUT2D eigenvalue weighted by molar-refractivity contribution is 0.00578. The predicted octanol–water partition coefficient (Wildman–Crippen LogP) is 6.31. The Bertz CT molecular complexity index is 1210. The van der Waals surface area contributed by atoms with E-state index in [0.29, 0.717) is 0 Å². The predicted molar refractivity (Wildman–Crippen MR) is 123 cm³/mol. The van der Waals surface area contributed by atoms with Crippen LogP contribution in [0.2, 0.25) is 0 Å². The molecule has 5 rings (SSSR count). The molecule has 146 valence electrons. The van der Waals surface area contributed by atoms with Gasteiger partial charge < -0.3 is 13.7 Å². The molecular formula is C24H22BBrO3. The fourth-order valence-electron chi connectivity index (χ4n) is 3.74. The van der Waals surface area contributed by atoms with Gasteiger partial charge in [-0.3, -0.25) is 0 Å². The Hall–Kier alpha value is -2.08.